The molecule has 1 aromatic rings. The maximum atomic E-state index is 12.9. The fourth-order valence-corrected chi connectivity index (χ4v) is 3.74. The second-order valence-corrected chi connectivity index (χ2v) is 7.15. The lowest BCUT2D eigenvalue weighted by molar-refractivity contribution is -0.137. The lowest BCUT2D eigenvalue weighted by Crippen LogP contribution is -2.46. The summed E-state index contributed by atoms with van der Waals surface area (Å²) in [4.78, 5) is 29.5. The number of benzene rings is 1. The quantitative estimate of drug-likeness (QED) is 0.690. The van der Waals surface area contributed by atoms with Gasteiger partial charge in [-0.15, -0.1) is 0 Å². The monoisotopic (exact) mass is 399 g/mol. The Labute approximate surface area is 161 Å². The second-order valence-electron chi connectivity index (χ2n) is 7.15. The van der Waals surface area contributed by atoms with E-state index in [0.717, 1.165) is 6.07 Å². The molecule has 6 nitrogen and oxygen atoms in total. The molecule has 154 valence electrons. The number of alkyl halides is 3. The summed E-state index contributed by atoms with van der Waals surface area (Å²) in [5.74, 6) is -0.214. The van der Waals surface area contributed by atoms with Crippen molar-refractivity contribution in [3.63, 3.8) is 0 Å². The summed E-state index contributed by atoms with van der Waals surface area (Å²) in [6.45, 7) is 2.40. The van der Waals surface area contributed by atoms with Gasteiger partial charge in [-0.2, -0.15) is 13.2 Å². The Bertz CT molecular complexity index is 718. The van der Waals surface area contributed by atoms with Crippen LogP contribution in [0.15, 0.2) is 24.3 Å². The maximum Gasteiger partial charge on any atom is 0.416 e. The first-order valence-electron chi connectivity index (χ1n) is 9.28. The average Bonchev–Trinajstić information content (AvgIpc) is 2.94. The van der Waals surface area contributed by atoms with E-state index in [1.54, 1.807) is 11.0 Å². The van der Waals surface area contributed by atoms with Crippen LogP contribution < -0.4 is 0 Å². The van der Waals surface area contributed by atoms with Gasteiger partial charge in [0.25, 0.3) is 0 Å². The number of ether oxygens (including phenoxy) is 1. The Morgan fingerprint density at radius 1 is 1.18 bits per heavy atom. The number of likely N-dealkylation sites (tertiary alicyclic amines) is 1. The number of hydrogen-bond donors (Lipinski definition) is 0. The van der Waals surface area contributed by atoms with Gasteiger partial charge in [-0.3, -0.25) is 14.6 Å². The first-order valence-corrected chi connectivity index (χ1v) is 9.28. The number of nitrogens with zero attached hydrogens (tertiary/aromatic N) is 3. The van der Waals surface area contributed by atoms with Crippen LogP contribution in [0.3, 0.4) is 0 Å². The molecule has 0 N–H and O–H groups in total. The number of carbonyl (C=O) groups excluding carboxylic acids is 2. The number of amides is 3. The van der Waals surface area contributed by atoms with Crippen molar-refractivity contribution >= 4 is 11.9 Å². The Kier molecular flexibility index (Phi) is 6.24. The summed E-state index contributed by atoms with van der Waals surface area (Å²) >= 11 is 0. The molecule has 0 atom stereocenters. The largest absolute Gasteiger partial charge is 0.416 e. The molecular formula is C19H24F3N3O3. The smallest absolute Gasteiger partial charge is 0.383 e. The van der Waals surface area contributed by atoms with E-state index in [2.05, 4.69) is 4.90 Å². The number of carbonyl (C=O) groups is 2. The third-order valence-corrected chi connectivity index (χ3v) is 5.26. The van der Waals surface area contributed by atoms with E-state index in [9.17, 15) is 22.8 Å². The van der Waals surface area contributed by atoms with Gasteiger partial charge in [0.1, 0.15) is 6.54 Å². The standard InChI is InChI=1S/C19H24F3N3O3/c1-28-10-9-24-17(26)13-25(18(24)27)16-5-7-23(8-6-16)12-14-3-2-4-15(11-14)19(20,21)22/h2-4,11,16H,5-10,12-13H2,1H3. The summed E-state index contributed by atoms with van der Waals surface area (Å²) < 4.78 is 43.5. The summed E-state index contributed by atoms with van der Waals surface area (Å²) in [6, 6.07) is 5.06. The number of imide groups is 1. The Hall–Kier alpha value is -2.13. The molecular weight excluding hydrogens is 375 g/mol. The molecule has 0 aliphatic carbocycles. The molecule has 3 rings (SSSR count). The topological polar surface area (TPSA) is 53.1 Å². The molecule has 2 fully saturated rings. The number of rotatable bonds is 6. The lowest BCUT2D eigenvalue weighted by Gasteiger charge is -2.36. The van der Waals surface area contributed by atoms with Crippen LogP contribution in [0.25, 0.3) is 0 Å². The third-order valence-electron chi connectivity index (χ3n) is 5.26. The number of piperidine rings is 1. The van der Waals surface area contributed by atoms with Gasteiger partial charge >= 0.3 is 12.2 Å². The van der Waals surface area contributed by atoms with Gasteiger partial charge in [0.05, 0.1) is 18.7 Å². The molecule has 1 aromatic carbocycles. The van der Waals surface area contributed by atoms with E-state index < -0.39 is 11.7 Å². The van der Waals surface area contributed by atoms with Crippen molar-refractivity contribution in [1.29, 1.82) is 0 Å². The minimum Gasteiger partial charge on any atom is -0.383 e. The van der Waals surface area contributed by atoms with Crippen LogP contribution in [0.4, 0.5) is 18.0 Å². The molecule has 2 aliphatic heterocycles. The second kappa shape index (κ2) is 8.48. The van der Waals surface area contributed by atoms with Crippen molar-refractivity contribution in [2.24, 2.45) is 0 Å². The minimum absolute atomic E-state index is 0.0262. The van der Waals surface area contributed by atoms with Crippen molar-refractivity contribution in [2.75, 3.05) is 39.9 Å². The van der Waals surface area contributed by atoms with Crippen molar-refractivity contribution < 1.29 is 27.5 Å². The maximum absolute atomic E-state index is 12.9. The van der Waals surface area contributed by atoms with E-state index in [0.29, 0.717) is 44.6 Å². The highest BCUT2D eigenvalue weighted by molar-refractivity contribution is 6.02. The molecule has 3 amide bonds. The van der Waals surface area contributed by atoms with Crippen LogP contribution in [-0.2, 0) is 22.3 Å². The first kappa shape index (κ1) is 20.6. The van der Waals surface area contributed by atoms with E-state index in [1.807, 2.05) is 0 Å². The minimum atomic E-state index is -4.35. The number of hydrogen-bond acceptors (Lipinski definition) is 4. The predicted octanol–water partition coefficient (Wildman–Crippen LogP) is 2.58. The molecule has 2 saturated heterocycles. The van der Waals surface area contributed by atoms with Crippen LogP contribution in [0.5, 0.6) is 0 Å². The Morgan fingerprint density at radius 2 is 1.89 bits per heavy atom. The van der Waals surface area contributed by atoms with Crippen LogP contribution in [0.2, 0.25) is 0 Å². The number of urea groups is 1. The van der Waals surface area contributed by atoms with Gasteiger partial charge in [-0.25, -0.2) is 4.79 Å². The average molecular weight is 399 g/mol. The Balaban J connectivity index is 1.54. The molecule has 0 bridgehead atoms. The van der Waals surface area contributed by atoms with E-state index >= 15 is 0 Å². The molecule has 2 aliphatic rings. The molecule has 0 unspecified atom stereocenters. The van der Waals surface area contributed by atoms with Gasteiger partial charge in [0, 0.05) is 32.8 Å². The zero-order valence-electron chi connectivity index (χ0n) is 15.7. The van der Waals surface area contributed by atoms with Crippen molar-refractivity contribution in [1.82, 2.24) is 14.7 Å². The third kappa shape index (κ3) is 4.64. The van der Waals surface area contributed by atoms with Crippen molar-refractivity contribution in [3.05, 3.63) is 35.4 Å². The normalized spacial score (nSPS) is 19.7. The van der Waals surface area contributed by atoms with Gasteiger partial charge < -0.3 is 9.64 Å². The van der Waals surface area contributed by atoms with Gasteiger partial charge in [-0.1, -0.05) is 18.2 Å². The van der Waals surface area contributed by atoms with Gasteiger partial charge in [0.15, 0.2) is 0 Å². The summed E-state index contributed by atoms with van der Waals surface area (Å²) in [5, 5.41) is 0. The van der Waals surface area contributed by atoms with Crippen LogP contribution in [0.1, 0.15) is 24.0 Å². The highest BCUT2D eigenvalue weighted by Gasteiger charge is 2.40. The summed E-state index contributed by atoms with van der Waals surface area (Å²) in [5.41, 5.74) is -0.0244. The molecule has 0 saturated carbocycles. The molecule has 0 spiro atoms. The van der Waals surface area contributed by atoms with E-state index in [4.69, 9.17) is 4.74 Å². The number of methoxy groups -OCH3 is 1. The first-order chi connectivity index (χ1) is 13.3. The van der Waals surface area contributed by atoms with Crippen LogP contribution in [0, 0.1) is 0 Å². The summed E-state index contributed by atoms with van der Waals surface area (Å²) in [6.07, 6.45) is -2.97. The zero-order valence-corrected chi connectivity index (χ0v) is 15.7. The highest BCUT2D eigenvalue weighted by Crippen LogP contribution is 2.30. The van der Waals surface area contributed by atoms with Gasteiger partial charge in [-0.05, 0) is 24.5 Å². The number of halogens is 3. The lowest BCUT2D eigenvalue weighted by atomic mass is 10.0. The molecule has 0 aromatic heterocycles. The fourth-order valence-electron chi connectivity index (χ4n) is 3.74. The van der Waals surface area contributed by atoms with Crippen LogP contribution in [-0.4, -0.2) is 72.6 Å². The summed E-state index contributed by atoms with van der Waals surface area (Å²) in [7, 11) is 1.52. The molecule has 9 heteroatoms. The molecule has 28 heavy (non-hydrogen) atoms. The Morgan fingerprint density at radius 3 is 2.54 bits per heavy atom. The zero-order chi connectivity index (χ0) is 20.3. The van der Waals surface area contributed by atoms with E-state index in [1.165, 1.54) is 24.1 Å². The van der Waals surface area contributed by atoms with Gasteiger partial charge in [0.2, 0.25) is 5.91 Å². The molecule has 2 heterocycles. The molecule has 0 radical (unpaired) electrons. The highest BCUT2D eigenvalue weighted by atomic mass is 19.4. The van der Waals surface area contributed by atoms with Crippen molar-refractivity contribution in [2.45, 2.75) is 31.6 Å². The van der Waals surface area contributed by atoms with Crippen molar-refractivity contribution in [3.8, 4) is 0 Å². The fraction of sp³-hybridized carbons (Fsp3) is 0.579. The van der Waals surface area contributed by atoms with E-state index in [-0.39, 0.29) is 31.1 Å². The predicted molar refractivity (Wildman–Crippen MR) is 95.4 cm³/mol. The van der Waals surface area contributed by atoms with Crippen LogP contribution >= 0.6 is 0 Å². The SMILES string of the molecule is COCCN1C(=O)CN(C2CCN(Cc3cccc(C(F)(F)F)c3)CC2)C1=O.